The van der Waals surface area contributed by atoms with Crippen LogP contribution < -0.4 is 5.43 Å². The molecule has 0 spiro atoms. The average molecular weight is 180 g/mol. The first kappa shape index (κ1) is 10.1. The predicted molar refractivity (Wildman–Crippen MR) is 54.8 cm³/mol. The van der Waals surface area contributed by atoms with E-state index in [1.165, 1.54) is 0 Å². The van der Waals surface area contributed by atoms with Gasteiger partial charge in [0.05, 0.1) is 17.5 Å². The highest BCUT2D eigenvalue weighted by molar-refractivity contribution is 5.96. The number of hydrazone groups is 1. The van der Waals surface area contributed by atoms with E-state index >= 15 is 0 Å². The maximum Gasteiger partial charge on any atom is 0.0827 e. The van der Waals surface area contributed by atoms with Gasteiger partial charge >= 0.3 is 0 Å². The normalized spacial score (nSPS) is 17.4. The minimum absolute atomic E-state index is 0.0125. The Hall–Kier alpha value is -0.990. The standard InChI is InChI=1S/C10H18N3/c1-8(2)9-6-7-11-13(12-9)10(3,4)5/h6,8,11H,1-5H3. The first-order valence-electron chi connectivity index (χ1n) is 4.64. The lowest BCUT2D eigenvalue weighted by Gasteiger charge is -2.34. The smallest absolute Gasteiger partial charge is 0.0827 e. The van der Waals surface area contributed by atoms with Crippen molar-refractivity contribution in [1.29, 1.82) is 0 Å². The van der Waals surface area contributed by atoms with Crippen molar-refractivity contribution in [2.45, 2.75) is 40.2 Å². The molecular formula is C10H18N3. The molecule has 1 rings (SSSR count). The van der Waals surface area contributed by atoms with Crippen LogP contribution in [0.2, 0.25) is 0 Å². The zero-order valence-corrected chi connectivity index (χ0v) is 9.05. The third-order valence-corrected chi connectivity index (χ3v) is 1.83. The molecule has 0 saturated heterocycles. The van der Waals surface area contributed by atoms with Crippen molar-refractivity contribution in [2.24, 2.45) is 11.0 Å². The van der Waals surface area contributed by atoms with E-state index in [9.17, 15) is 0 Å². The fraction of sp³-hybridized carbons (Fsp3) is 0.700. The van der Waals surface area contributed by atoms with Crippen LogP contribution in [0, 0.1) is 12.1 Å². The number of hydrogen-bond donors (Lipinski definition) is 1. The zero-order valence-electron chi connectivity index (χ0n) is 9.05. The number of allylic oxidation sites excluding steroid dienone is 1. The Morgan fingerprint density at radius 2 is 2.08 bits per heavy atom. The summed E-state index contributed by atoms with van der Waals surface area (Å²) in [5.74, 6) is 0.444. The number of hydrazine groups is 1. The molecular weight excluding hydrogens is 162 g/mol. The van der Waals surface area contributed by atoms with Crippen molar-refractivity contribution >= 4 is 5.71 Å². The third kappa shape index (κ3) is 2.47. The number of rotatable bonds is 1. The molecule has 0 bridgehead atoms. The van der Waals surface area contributed by atoms with E-state index in [2.05, 4.69) is 51.3 Å². The highest BCUT2D eigenvalue weighted by atomic mass is 15.7. The molecule has 3 nitrogen and oxygen atoms in total. The first-order chi connectivity index (χ1) is 5.91. The van der Waals surface area contributed by atoms with E-state index in [1.807, 2.05) is 11.2 Å². The molecule has 1 aliphatic rings. The lowest BCUT2D eigenvalue weighted by atomic mass is 10.1. The number of hydrogen-bond acceptors (Lipinski definition) is 3. The second-order valence-corrected chi connectivity index (χ2v) is 4.56. The summed E-state index contributed by atoms with van der Waals surface area (Å²) in [5, 5.41) is 6.31. The monoisotopic (exact) mass is 180 g/mol. The van der Waals surface area contributed by atoms with Crippen LogP contribution in [0.3, 0.4) is 0 Å². The Bertz CT molecular complexity index is 233. The van der Waals surface area contributed by atoms with Crippen LogP contribution in [0.5, 0.6) is 0 Å². The minimum Gasteiger partial charge on any atom is -0.280 e. The summed E-state index contributed by atoms with van der Waals surface area (Å²) in [6, 6.07) is 0. The first-order valence-corrected chi connectivity index (χ1v) is 4.64. The van der Waals surface area contributed by atoms with Crippen molar-refractivity contribution in [3.63, 3.8) is 0 Å². The van der Waals surface area contributed by atoms with E-state index < -0.39 is 0 Å². The van der Waals surface area contributed by atoms with Crippen LogP contribution in [0.1, 0.15) is 34.6 Å². The van der Waals surface area contributed by atoms with Gasteiger partial charge < -0.3 is 0 Å². The van der Waals surface area contributed by atoms with Gasteiger partial charge in [-0.25, -0.2) is 5.12 Å². The summed E-state index contributed by atoms with van der Waals surface area (Å²) < 4.78 is 0. The Kier molecular flexibility index (Phi) is 2.64. The molecule has 0 aromatic heterocycles. The molecule has 1 N–H and O–H groups in total. The lowest BCUT2D eigenvalue weighted by molar-refractivity contribution is 0.0926. The van der Waals surface area contributed by atoms with Crippen LogP contribution in [0.4, 0.5) is 0 Å². The molecule has 1 heterocycles. The van der Waals surface area contributed by atoms with E-state index in [4.69, 9.17) is 0 Å². The Morgan fingerprint density at radius 1 is 1.46 bits per heavy atom. The van der Waals surface area contributed by atoms with E-state index in [-0.39, 0.29) is 5.54 Å². The molecule has 0 aromatic rings. The molecule has 3 heteroatoms. The molecule has 0 saturated carbocycles. The lowest BCUT2D eigenvalue weighted by Crippen LogP contribution is -2.47. The van der Waals surface area contributed by atoms with Gasteiger partial charge in [-0.2, -0.15) is 5.10 Å². The molecule has 0 atom stereocenters. The van der Waals surface area contributed by atoms with Gasteiger partial charge in [-0.15, -0.1) is 0 Å². The van der Waals surface area contributed by atoms with E-state index in [0.29, 0.717) is 5.92 Å². The topological polar surface area (TPSA) is 27.6 Å². The number of nitrogens with zero attached hydrogens (tertiary/aromatic N) is 2. The quantitative estimate of drug-likeness (QED) is 0.667. The van der Waals surface area contributed by atoms with Crippen molar-refractivity contribution in [3.05, 3.63) is 12.3 Å². The summed E-state index contributed by atoms with van der Waals surface area (Å²) in [4.78, 5) is 0. The summed E-state index contributed by atoms with van der Waals surface area (Å²) >= 11 is 0. The molecule has 0 amide bonds. The summed E-state index contributed by atoms with van der Waals surface area (Å²) in [6.45, 7) is 10.6. The van der Waals surface area contributed by atoms with Crippen LogP contribution in [-0.2, 0) is 0 Å². The second-order valence-electron chi connectivity index (χ2n) is 4.56. The van der Waals surface area contributed by atoms with Gasteiger partial charge in [0.15, 0.2) is 0 Å². The highest BCUT2D eigenvalue weighted by Crippen LogP contribution is 2.14. The van der Waals surface area contributed by atoms with Gasteiger partial charge in [-0.1, -0.05) is 13.8 Å². The van der Waals surface area contributed by atoms with Crippen molar-refractivity contribution in [1.82, 2.24) is 10.5 Å². The largest absolute Gasteiger partial charge is 0.280 e. The van der Waals surface area contributed by atoms with Gasteiger partial charge in [-0.05, 0) is 32.8 Å². The van der Waals surface area contributed by atoms with Gasteiger partial charge in [0, 0.05) is 0 Å². The van der Waals surface area contributed by atoms with Crippen molar-refractivity contribution in [3.8, 4) is 0 Å². The fourth-order valence-electron chi connectivity index (χ4n) is 0.937. The van der Waals surface area contributed by atoms with Gasteiger partial charge in [-0.3, -0.25) is 5.43 Å². The molecule has 13 heavy (non-hydrogen) atoms. The average Bonchev–Trinajstić information content (AvgIpc) is 2.03. The van der Waals surface area contributed by atoms with E-state index in [1.54, 1.807) is 0 Å². The van der Waals surface area contributed by atoms with Crippen LogP contribution in [0.15, 0.2) is 11.2 Å². The van der Waals surface area contributed by atoms with Crippen molar-refractivity contribution < 1.29 is 0 Å². The molecule has 0 fully saturated rings. The highest BCUT2D eigenvalue weighted by Gasteiger charge is 2.21. The van der Waals surface area contributed by atoms with Crippen LogP contribution in [-0.4, -0.2) is 16.4 Å². The summed E-state index contributed by atoms with van der Waals surface area (Å²) in [6.07, 6.45) is 4.89. The fourth-order valence-corrected chi connectivity index (χ4v) is 0.937. The van der Waals surface area contributed by atoms with Crippen molar-refractivity contribution in [2.75, 3.05) is 0 Å². The second kappa shape index (κ2) is 3.40. The maximum absolute atomic E-state index is 4.47. The van der Waals surface area contributed by atoms with Gasteiger partial charge in [0.25, 0.3) is 0 Å². The van der Waals surface area contributed by atoms with Crippen LogP contribution in [0.25, 0.3) is 0 Å². The summed E-state index contributed by atoms with van der Waals surface area (Å²) in [5.41, 5.74) is 4.04. The zero-order chi connectivity index (χ0) is 10.1. The Morgan fingerprint density at radius 3 is 2.54 bits per heavy atom. The SMILES string of the molecule is CC(C)C1=NN(C(C)(C)C)N[C]=C1. The minimum atomic E-state index is -0.0125. The van der Waals surface area contributed by atoms with Gasteiger partial charge in [0.2, 0.25) is 0 Å². The van der Waals surface area contributed by atoms with Crippen LogP contribution >= 0.6 is 0 Å². The summed E-state index contributed by atoms with van der Waals surface area (Å²) in [7, 11) is 0. The third-order valence-electron chi connectivity index (χ3n) is 1.83. The van der Waals surface area contributed by atoms with Gasteiger partial charge in [0.1, 0.15) is 0 Å². The molecule has 73 valence electrons. The predicted octanol–water partition coefficient (Wildman–Crippen LogP) is 1.93. The Labute approximate surface area is 80.5 Å². The molecule has 0 unspecified atom stereocenters. The molecule has 1 radical (unpaired) electrons. The number of nitrogens with one attached hydrogen (secondary N) is 1. The maximum atomic E-state index is 4.47. The molecule has 1 aliphatic heterocycles. The molecule has 0 aromatic carbocycles. The van der Waals surface area contributed by atoms with E-state index in [0.717, 1.165) is 5.71 Å². The Balaban J connectivity index is 2.79. The molecule has 0 aliphatic carbocycles.